The van der Waals surface area contributed by atoms with E-state index in [0.29, 0.717) is 17.8 Å². The highest BCUT2D eigenvalue weighted by Gasteiger charge is 2.39. The smallest absolute Gasteiger partial charge is 0.212 e. The monoisotopic (exact) mass is 862 g/mol. The maximum atomic E-state index is 4.56. The molecule has 1 unspecified atom stereocenters. The number of hydrogen-bond acceptors (Lipinski definition) is 2. The number of nitrogens with zero attached hydrogens (tertiary/aromatic N) is 2. The maximum absolute atomic E-state index is 4.56. The van der Waals surface area contributed by atoms with Crippen LogP contribution in [0.5, 0.6) is 0 Å². The predicted molar refractivity (Wildman–Crippen MR) is 281 cm³/mol. The molecule has 0 saturated carbocycles. The molecule has 0 fully saturated rings. The van der Waals surface area contributed by atoms with E-state index in [9.17, 15) is 0 Å². The summed E-state index contributed by atoms with van der Waals surface area (Å²) in [5.41, 5.74) is 18.4. The molecule has 0 radical (unpaired) electrons. The van der Waals surface area contributed by atoms with Gasteiger partial charge in [-0.2, -0.15) is 17.2 Å². The van der Waals surface area contributed by atoms with Gasteiger partial charge in [0.05, 0.1) is 0 Å². The molecular weight excluding hydrogens is 793 g/mol. The molecule has 0 spiro atoms. The van der Waals surface area contributed by atoms with E-state index in [1.54, 1.807) is 0 Å². The van der Waals surface area contributed by atoms with Gasteiger partial charge in [0.25, 0.3) is 0 Å². The maximum Gasteiger partial charge on any atom is 0.212 e. The largest absolute Gasteiger partial charge is 0.341 e. The zero-order valence-electron chi connectivity index (χ0n) is 39.3. The number of aromatic nitrogens is 1. The molecule has 3 heteroatoms. The van der Waals surface area contributed by atoms with Crippen molar-refractivity contribution in [3.8, 4) is 0 Å². The second kappa shape index (κ2) is 20.2. The van der Waals surface area contributed by atoms with Gasteiger partial charge in [-0.3, -0.25) is 0 Å². The van der Waals surface area contributed by atoms with Crippen molar-refractivity contribution in [2.24, 2.45) is 17.8 Å². The van der Waals surface area contributed by atoms with Crippen LogP contribution in [0.2, 0.25) is 0 Å². The molecular formula is C61H69N2S+. The summed E-state index contributed by atoms with van der Waals surface area (Å²) in [6, 6.07) is 40.5. The van der Waals surface area contributed by atoms with Crippen LogP contribution in [-0.2, 0) is 18.4 Å². The summed E-state index contributed by atoms with van der Waals surface area (Å²) in [7, 11) is 0. The van der Waals surface area contributed by atoms with Crippen LogP contribution in [0.25, 0.3) is 34.2 Å². The zero-order chi connectivity index (χ0) is 44.8. The fourth-order valence-corrected chi connectivity index (χ4v) is 10.8. The third kappa shape index (κ3) is 9.67. The van der Waals surface area contributed by atoms with Crippen molar-refractivity contribution in [3.63, 3.8) is 0 Å². The Morgan fingerprint density at radius 1 is 0.781 bits per heavy atom. The van der Waals surface area contributed by atoms with Crippen LogP contribution in [0.15, 0.2) is 169 Å². The fourth-order valence-electron chi connectivity index (χ4n) is 10.6. The van der Waals surface area contributed by atoms with Crippen molar-refractivity contribution < 1.29 is 4.57 Å². The first kappa shape index (κ1) is 45.2. The van der Waals surface area contributed by atoms with Gasteiger partial charge in [0.2, 0.25) is 11.2 Å². The van der Waals surface area contributed by atoms with Crippen LogP contribution in [0.4, 0.5) is 5.69 Å². The molecule has 8 rings (SSSR count). The first-order valence-corrected chi connectivity index (χ1v) is 24.7. The van der Waals surface area contributed by atoms with E-state index >= 15 is 0 Å². The van der Waals surface area contributed by atoms with E-state index in [4.69, 9.17) is 0 Å². The SMILES string of the molecule is C=C(CCCC[n+]1c(C=CC2=C(C=C3C(C(C)C)Cc4ccccc4C3(C)C)C(=CC=C3C=Cc4ccccc4N3CCCCS)c3ccccc32)ccc2ccccc21)CC(C)C. The van der Waals surface area contributed by atoms with Gasteiger partial charge >= 0.3 is 0 Å². The summed E-state index contributed by atoms with van der Waals surface area (Å²) in [5.74, 6) is 2.47. The molecule has 3 aliphatic rings. The summed E-state index contributed by atoms with van der Waals surface area (Å²) in [4.78, 5) is 2.51. The summed E-state index contributed by atoms with van der Waals surface area (Å²) < 4.78 is 2.54. The van der Waals surface area contributed by atoms with Crippen molar-refractivity contribution in [1.82, 2.24) is 0 Å². The van der Waals surface area contributed by atoms with E-state index in [-0.39, 0.29) is 5.41 Å². The lowest BCUT2D eigenvalue weighted by Crippen LogP contribution is -2.38. The van der Waals surface area contributed by atoms with Crippen molar-refractivity contribution in [2.45, 2.75) is 98.4 Å². The molecule has 2 aliphatic carbocycles. The standard InChI is InChI=1S/C61H68N2S/c1-43(2)40-45(5)20-16-17-37-62-49(31-29-46-21-9-14-27-59(46)62)33-35-53-51-24-11-12-25-52(51)54(36-34-50-32-30-47-22-10-15-28-60(47)63(50)38-18-19-39-64)56(53)42-58-55(44(3)4)41-48-23-8-13-26-57(48)61(58,6)7/h8-15,21-36,42-44,55H,5,16-20,37-41H2,1-4,6-7H3/p+1. The van der Waals surface area contributed by atoms with Gasteiger partial charge in [0, 0.05) is 53.4 Å². The van der Waals surface area contributed by atoms with Crippen molar-refractivity contribution in [2.75, 3.05) is 17.2 Å². The van der Waals surface area contributed by atoms with Gasteiger partial charge in [-0.15, -0.1) is 0 Å². The Kier molecular flexibility index (Phi) is 14.3. The highest BCUT2D eigenvalue weighted by atomic mass is 32.1. The van der Waals surface area contributed by atoms with Gasteiger partial charge in [0.15, 0.2) is 0 Å². The summed E-state index contributed by atoms with van der Waals surface area (Å²) >= 11 is 4.56. The zero-order valence-corrected chi connectivity index (χ0v) is 40.2. The van der Waals surface area contributed by atoms with Crippen molar-refractivity contribution in [1.29, 1.82) is 0 Å². The lowest BCUT2D eigenvalue weighted by Gasteiger charge is -2.42. The summed E-state index contributed by atoms with van der Waals surface area (Å²) in [6.07, 6.45) is 24.5. The predicted octanol–water partition coefficient (Wildman–Crippen LogP) is 15.6. The fraction of sp³-hybridized carbons (Fsp3) is 0.328. The average molecular weight is 862 g/mol. The molecule has 5 aromatic rings. The number of para-hydroxylation sites is 2. The number of unbranched alkanes of at least 4 members (excludes halogenated alkanes) is 2. The Balaban J connectivity index is 1.28. The average Bonchev–Trinajstić information content (AvgIpc) is 3.58. The molecule has 4 aromatic carbocycles. The lowest BCUT2D eigenvalue weighted by atomic mass is 9.61. The second-order valence-corrected chi connectivity index (χ2v) is 20.0. The Labute approximate surface area is 390 Å². The number of hydrogen-bond donors (Lipinski definition) is 1. The van der Waals surface area contributed by atoms with Gasteiger partial charge in [0.1, 0.15) is 6.54 Å². The van der Waals surface area contributed by atoms with Gasteiger partial charge < -0.3 is 4.90 Å². The quantitative estimate of drug-likeness (QED) is 0.0449. The van der Waals surface area contributed by atoms with E-state index in [2.05, 4.69) is 222 Å². The molecule has 1 aromatic heterocycles. The Bertz CT molecular complexity index is 2690. The number of fused-ring (bicyclic) bond motifs is 4. The second-order valence-electron chi connectivity index (χ2n) is 19.6. The third-order valence-electron chi connectivity index (χ3n) is 13.9. The topological polar surface area (TPSA) is 7.12 Å². The number of aryl methyl sites for hydroxylation is 1. The number of rotatable bonds is 16. The van der Waals surface area contributed by atoms with E-state index in [1.807, 2.05) is 0 Å². The number of thiol groups is 1. The minimum atomic E-state index is -0.134. The molecule has 0 saturated heterocycles. The van der Waals surface area contributed by atoms with Crippen LogP contribution in [0, 0.1) is 17.8 Å². The van der Waals surface area contributed by atoms with E-state index in [0.717, 1.165) is 63.8 Å². The molecule has 2 nitrogen and oxygen atoms in total. The molecule has 1 aliphatic heterocycles. The first-order valence-electron chi connectivity index (χ1n) is 24.0. The molecule has 64 heavy (non-hydrogen) atoms. The summed E-state index contributed by atoms with van der Waals surface area (Å²) in [5, 5.41) is 1.27. The molecule has 0 N–H and O–H groups in total. The van der Waals surface area contributed by atoms with Crippen LogP contribution in [0.3, 0.4) is 0 Å². The molecule has 0 bridgehead atoms. The summed E-state index contributed by atoms with van der Waals surface area (Å²) in [6.45, 7) is 20.6. The normalized spacial score (nSPS) is 18.6. The number of benzene rings is 4. The minimum absolute atomic E-state index is 0.134. The number of pyridine rings is 1. The lowest BCUT2D eigenvalue weighted by molar-refractivity contribution is -0.673. The molecule has 2 heterocycles. The van der Waals surface area contributed by atoms with Gasteiger partial charge in [-0.1, -0.05) is 156 Å². The molecule has 328 valence electrons. The molecule has 1 atom stereocenters. The van der Waals surface area contributed by atoms with E-state index < -0.39 is 0 Å². The van der Waals surface area contributed by atoms with E-state index in [1.165, 1.54) is 83.7 Å². The molecule has 0 amide bonds. The number of allylic oxidation sites excluding steroid dienone is 10. The highest BCUT2D eigenvalue weighted by molar-refractivity contribution is 7.80. The minimum Gasteiger partial charge on any atom is -0.341 e. The van der Waals surface area contributed by atoms with Crippen LogP contribution in [0.1, 0.15) is 114 Å². The first-order chi connectivity index (χ1) is 31.0. The van der Waals surface area contributed by atoms with Crippen LogP contribution in [-0.4, -0.2) is 12.3 Å². The van der Waals surface area contributed by atoms with Crippen LogP contribution >= 0.6 is 12.6 Å². The Morgan fingerprint density at radius 2 is 1.53 bits per heavy atom. The Hall–Kier alpha value is -5.38. The Morgan fingerprint density at radius 3 is 2.34 bits per heavy atom. The number of anilines is 1. The van der Waals surface area contributed by atoms with Crippen molar-refractivity contribution in [3.05, 3.63) is 202 Å². The van der Waals surface area contributed by atoms with Crippen molar-refractivity contribution >= 4 is 52.5 Å². The third-order valence-corrected chi connectivity index (χ3v) is 14.2. The van der Waals surface area contributed by atoms with Gasteiger partial charge in [-0.25, -0.2) is 0 Å². The van der Waals surface area contributed by atoms with Gasteiger partial charge in [-0.05, 0) is 143 Å². The highest BCUT2D eigenvalue weighted by Crippen LogP contribution is 2.50. The van der Waals surface area contributed by atoms with Crippen LogP contribution < -0.4 is 9.47 Å².